The largest absolute Gasteiger partial charge is 0.411 e. The molecule has 5 nitrogen and oxygen atoms in total. The molecule has 140 valence electrons. The summed E-state index contributed by atoms with van der Waals surface area (Å²) in [6, 6.07) is 20.8. The minimum Gasteiger partial charge on any atom is -0.411 e. The Kier molecular flexibility index (Phi) is 5.39. The maximum Gasteiger partial charge on any atom is 0.0850 e. The van der Waals surface area contributed by atoms with Crippen molar-refractivity contribution in [2.24, 2.45) is 0 Å². The summed E-state index contributed by atoms with van der Waals surface area (Å²) in [5.74, 6) is 0.476. The van der Waals surface area contributed by atoms with Crippen LogP contribution in [0.5, 0.6) is 0 Å². The van der Waals surface area contributed by atoms with Gasteiger partial charge in [-0.3, -0.25) is 0 Å². The van der Waals surface area contributed by atoms with Gasteiger partial charge in [-0.05, 0) is 56.1 Å². The lowest BCUT2D eigenvalue weighted by atomic mass is 9.90. The first-order valence-electron chi connectivity index (χ1n) is 9.67. The molecule has 3 aromatic rings. The molecule has 0 atom stereocenters. The van der Waals surface area contributed by atoms with Crippen molar-refractivity contribution >= 4 is 11.4 Å². The SMILES string of the molecule is On1ncc(C2CCNCC2)c1CCN(c1ccccc1)c1ccccc1. The molecule has 0 saturated carbocycles. The maximum absolute atomic E-state index is 10.3. The molecule has 0 unspecified atom stereocenters. The Morgan fingerprint density at radius 3 is 2.15 bits per heavy atom. The summed E-state index contributed by atoms with van der Waals surface area (Å²) in [5, 5.41) is 17.8. The smallest absolute Gasteiger partial charge is 0.0850 e. The van der Waals surface area contributed by atoms with E-state index >= 15 is 0 Å². The summed E-state index contributed by atoms with van der Waals surface area (Å²) < 4.78 is 0. The first-order chi connectivity index (χ1) is 13.3. The van der Waals surface area contributed by atoms with Gasteiger partial charge in [0.15, 0.2) is 0 Å². The van der Waals surface area contributed by atoms with E-state index in [4.69, 9.17) is 0 Å². The quantitative estimate of drug-likeness (QED) is 0.652. The van der Waals surface area contributed by atoms with Gasteiger partial charge in [-0.15, -0.1) is 9.94 Å². The van der Waals surface area contributed by atoms with Crippen molar-refractivity contribution in [2.75, 3.05) is 24.5 Å². The number of rotatable bonds is 6. The lowest BCUT2D eigenvalue weighted by Crippen LogP contribution is -2.27. The van der Waals surface area contributed by atoms with Gasteiger partial charge in [-0.2, -0.15) is 0 Å². The van der Waals surface area contributed by atoms with Gasteiger partial charge < -0.3 is 15.4 Å². The van der Waals surface area contributed by atoms with Crippen LogP contribution in [0.25, 0.3) is 0 Å². The predicted octanol–water partition coefficient (Wildman–Crippen LogP) is 3.97. The zero-order chi connectivity index (χ0) is 18.5. The first kappa shape index (κ1) is 17.6. The van der Waals surface area contributed by atoms with Crippen LogP contribution < -0.4 is 10.2 Å². The van der Waals surface area contributed by atoms with E-state index in [1.807, 2.05) is 18.3 Å². The third-order valence-corrected chi connectivity index (χ3v) is 5.37. The van der Waals surface area contributed by atoms with E-state index in [9.17, 15) is 5.21 Å². The van der Waals surface area contributed by atoms with Gasteiger partial charge in [-0.1, -0.05) is 36.4 Å². The molecule has 2 aromatic carbocycles. The third-order valence-electron chi connectivity index (χ3n) is 5.37. The number of piperidine rings is 1. The normalized spacial score (nSPS) is 15.0. The van der Waals surface area contributed by atoms with E-state index < -0.39 is 0 Å². The second-order valence-corrected chi connectivity index (χ2v) is 7.03. The fourth-order valence-electron chi connectivity index (χ4n) is 3.94. The van der Waals surface area contributed by atoms with Crippen LogP contribution in [-0.4, -0.2) is 34.8 Å². The highest BCUT2D eigenvalue weighted by Gasteiger charge is 2.22. The number of para-hydroxylation sites is 2. The van der Waals surface area contributed by atoms with Gasteiger partial charge in [-0.25, -0.2) is 0 Å². The molecule has 0 radical (unpaired) electrons. The van der Waals surface area contributed by atoms with Crippen molar-refractivity contribution in [1.29, 1.82) is 0 Å². The van der Waals surface area contributed by atoms with Gasteiger partial charge in [0, 0.05) is 29.9 Å². The molecule has 1 aromatic heterocycles. The molecule has 0 amide bonds. The highest BCUT2D eigenvalue weighted by atomic mass is 16.5. The number of nitrogens with one attached hydrogen (secondary N) is 1. The van der Waals surface area contributed by atoms with Crippen LogP contribution in [0, 0.1) is 0 Å². The van der Waals surface area contributed by atoms with Crippen molar-refractivity contribution in [1.82, 2.24) is 15.3 Å². The van der Waals surface area contributed by atoms with Crippen molar-refractivity contribution in [3.8, 4) is 0 Å². The van der Waals surface area contributed by atoms with Crippen molar-refractivity contribution < 1.29 is 5.21 Å². The van der Waals surface area contributed by atoms with E-state index in [-0.39, 0.29) is 0 Å². The van der Waals surface area contributed by atoms with Crippen molar-refractivity contribution in [3.05, 3.63) is 78.1 Å². The molecule has 1 fully saturated rings. The van der Waals surface area contributed by atoms with Gasteiger partial charge in [0.25, 0.3) is 0 Å². The summed E-state index contributed by atoms with van der Waals surface area (Å²) in [5.41, 5.74) is 4.42. The predicted molar refractivity (Wildman–Crippen MR) is 108 cm³/mol. The van der Waals surface area contributed by atoms with Crippen LogP contribution in [-0.2, 0) is 6.42 Å². The second kappa shape index (κ2) is 8.27. The molecule has 0 aliphatic carbocycles. The number of hydrogen-bond acceptors (Lipinski definition) is 4. The molecule has 1 aliphatic heterocycles. The second-order valence-electron chi connectivity index (χ2n) is 7.03. The zero-order valence-electron chi connectivity index (χ0n) is 15.5. The van der Waals surface area contributed by atoms with Crippen LogP contribution in [0.4, 0.5) is 11.4 Å². The number of anilines is 2. The van der Waals surface area contributed by atoms with E-state index in [1.165, 1.54) is 5.56 Å². The Bertz CT molecular complexity index is 802. The summed E-state index contributed by atoms with van der Waals surface area (Å²) in [7, 11) is 0. The fourth-order valence-corrected chi connectivity index (χ4v) is 3.94. The lowest BCUT2D eigenvalue weighted by molar-refractivity contribution is 0.139. The molecule has 2 N–H and O–H groups in total. The Morgan fingerprint density at radius 1 is 0.963 bits per heavy atom. The molecule has 27 heavy (non-hydrogen) atoms. The standard InChI is InChI=1S/C22H26N4O/c27-26-22(21(17-24-26)18-11-14-23-15-12-18)13-16-25(19-7-3-1-4-8-19)20-9-5-2-6-10-20/h1-10,17-18,23,27H,11-16H2. The van der Waals surface area contributed by atoms with Crippen LogP contribution in [0.15, 0.2) is 66.9 Å². The van der Waals surface area contributed by atoms with E-state index in [0.717, 1.165) is 60.8 Å². The van der Waals surface area contributed by atoms with Gasteiger partial charge in [0.2, 0.25) is 0 Å². The minimum atomic E-state index is 0.476. The third kappa shape index (κ3) is 3.98. The highest BCUT2D eigenvalue weighted by Crippen LogP contribution is 2.30. The average molecular weight is 362 g/mol. The molecule has 0 bridgehead atoms. The van der Waals surface area contributed by atoms with E-state index in [2.05, 4.69) is 63.8 Å². The molecular weight excluding hydrogens is 336 g/mol. The Hall–Kier alpha value is -2.79. The van der Waals surface area contributed by atoms with Gasteiger partial charge >= 0.3 is 0 Å². The first-order valence-corrected chi connectivity index (χ1v) is 9.67. The van der Waals surface area contributed by atoms with Crippen LogP contribution in [0.2, 0.25) is 0 Å². The van der Waals surface area contributed by atoms with Gasteiger partial charge in [0.05, 0.1) is 11.9 Å². The monoisotopic (exact) mass is 362 g/mol. The van der Waals surface area contributed by atoms with E-state index in [1.54, 1.807) is 0 Å². The molecule has 2 heterocycles. The summed E-state index contributed by atoms with van der Waals surface area (Å²) in [6.45, 7) is 2.83. The Balaban J connectivity index is 1.57. The van der Waals surface area contributed by atoms with Crippen LogP contribution >= 0.6 is 0 Å². The Morgan fingerprint density at radius 2 is 1.56 bits per heavy atom. The number of hydrogen-bond donors (Lipinski definition) is 2. The molecule has 4 rings (SSSR count). The number of aromatic nitrogens is 2. The Labute approximate surface area is 160 Å². The number of benzene rings is 2. The molecule has 0 spiro atoms. The minimum absolute atomic E-state index is 0.476. The zero-order valence-corrected chi connectivity index (χ0v) is 15.5. The lowest BCUT2D eigenvalue weighted by Gasteiger charge is -2.26. The van der Waals surface area contributed by atoms with E-state index in [0.29, 0.717) is 5.92 Å². The summed E-state index contributed by atoms with van der Waals surface area (Å²) >= 11 is 0. The average Bonchev–Trinajstić information content (AvgIpc) is 3.11. The molecule has 1 saturated heterocycles. The van der Waals surface area contributed by atoms with Gasteiger partial charge in [0.1, 0.15) is 0 Å². The topological polar surface area (TPSA) is 53.3 Å². The maximum atomic E-state index is 10.3. The number of nitrogens with zero attached hydrogens (tertiary/aromatic N) is 3. The highest BCUT2D eigenvalue weighted by molar-refractivity contribution is 5.63. The summed E-state index contributed by atoms with van der Waals surface area (Å²) in [6.07, 6.45) is 4.78. The molecule has 1 aliphatic rings. The summed E-state index contributed by atoms with van der Waals surface area (Å²) in [4.78, 5) is 3.37. The molecule has 5 heteroatoms. The van der Waals surface area contributed by atoms with Crippen LogP contribution in [0.3, 0.4) is 0 Å². The van der Waals surface area contributed by atoms with Crippen molar-refractivity contribution in [2.45, 2.75) is 25.2 Å². The fraction of sp³-hybridized carbons (Fsp3) is 0.318. The molecular formula is C22H26N4O. The van der Waals surface area contributed by atoms with Crippen molar-refractivity contribution in [3.63, 3.8) is 0 Å². The van der Waals surface area contributed by atoms with Crippen LogP contribution in [0.1, 0.15) is 30.0 Å².